The van der Waals surface area contributed by atoms with Gasteiger partial charge in [0.15, 0.2) is 0 Å². The van der Waals surface area contributed by atoms with Crippen LogP contribution in [0.3, 0.4) is 0 Å². The number of carbonyl (C=O) groups is 1. The molecule has 2 amide bonds. The second kappa shape index (κ2) is 5.73. The summed E-state index contributed by atoms with van der Waals surface area (Å²) in [5, 5.41) is 2.82. The smallest absolute Gasteiger partial charge is 0.322 e. The van der Waals surface area contributed by atoms with Crippen molar-refractivity contribution >= 4 is 11.7 Å². The zero-order valence-corrected chi connectivity index (χ0v) is 10.7. The van der Waals surface area contributed by atoms with Gasteiger partial charge < -0.3 is 14.8 Å². The van der Waals surface area contributed by atoms with Crippen molar-refractivity contribution in [1.82, 2.24) is 5.32 Å². The van der Waals surface area contributed by atoms with Crippen LogP contribution in [0.5, 0.6) is 5.75 Å². The maximum atomic E-state index is 12.1. The van der Waals surface area contributed by atoms with Gasteiger partial charge in [-0.15, -0.1) is 0 Å². The van der Waals surface area contributed by atoms with Crippen LogP contribution in [0.25, 0.3) is 0 Å². The number of amides is 2. The van der Waals surface area contributed by atoms with Gasteiger partial charge in [-0.2, -0.15) is 0 Å². The largest absolute Gasteiger partial charge is 0.487 e. The molecule has 1 aliphatic rings. The van der Waals surface area contributed by atoms with Crippen LogP contribution in [-0.2, 0) is 4.74 Å². The normalized spacial score (nSPS) is 17.9. The lowest BCUT2D eigenvalue weighted by Gasteiger charge is -2.33. The number of nitrogens with one attached hydrogen (secondary N) is 1. The van der Waals surface area contributed by atoms with Crippen LogP contribution in [-0.4, -0.2) is 38.9 Å². The number of carbonyl (C=O) groups excluding carboxylic acids is 1. The molecule has 0 spiro atoms. The third-order valence-electron chi connectivity index (χ3n) is 2.75. The summed E-state index contributed by atoms with van der Waals surface area (Å²) in [6.07, 6.45) is -0.00641. The van der Waals surface area contributed by atoms with Crippen LogP contribution < -0.4 is 15.0 Å². The van der Waals surface area contributed by atoms with Crippen molar-refractivity contribution in [3.63, 3.8) is 0 Å². The van der Waals surface area contributed by atoms with Crippen LogP contribution >= 0.6 is 0 Å². The summed E-state index contributed by atoms with van der Waals surface area (Å²) in [4.78, 5) is 13.8. The van der Waals surface area contributed by atoms with Gasteiger partial charge in [0, 0.05) is 13.7 Å². The second-order valence-corrected chi connectivity index (χ2v) is 4.23. The first kappa shape index (κ1) is 12.7. The lowest BCUT2D eigenvalue weighted by atomic mass is 10.2. The molecule has 2 rings (SSSR count). The van der Waals surface area contributed by atoms with E-state index in [1.807, 2.05) is 31.2 Å². The van der Waals surface area contributed by atoms with E-state index in [0.29, 0.717) is 19.7 Å². The average Bonchev–Trinajstić information content (AvgIpc) is 2.38. The first-order chi connectivity index (χ1) is 8.72. The molecule has 0 aromatic heterocycles. The summed E-state index contributed by atoms with van der Waals surface area (Å²) in [7, 11) is 1.61. The molecule has 1 atom stereocenters. The van der Waals surface area contributed by atoms with Crippen molar-refractivity contribution in [2.75, 3.05) is 31.7 Å². The van der Waals surface area contributed by atoms with Crippen molar-refractivity contribution in [1.29, 1.82) is 0 Å². The van der Waals surface area contributed by atoms with Crippen molar-refractivity contribution in [3.05, 3.63) is 24.3 Å². The molecular weight excluding hydrogens is 232 g/mol. The number of methoxy groups -OCH3 is 1. The molecule has 5 nitrogen and oxygen atoms in total. The van der Waals surface area contributed by atoms with Gasteiger partial charge in [0.25, 0.3) is 0 Å². The third kappa shape index (κ3) is 2.73. The summed E-state index contributed by atoms with van der Waals surface area (Å²) >= 11 is 0. The maximum Gasteiger partial charge on any atom is 0.322 e. The Labute approximate surface area is 107 Å². The predicted molar refractivity (Wildman–Crippen MR) is 69.2 cm³/mol. The fraction of sp³-hybridized carbons (Fsp3) is 0.462. The summed E-state index contributed by atoms with van der Waals surface area (Å²) in [5.74, 6) is 0.748. The minimum Gasteiger partial charge on any atom is -0.487 e. The van der Waals surface area contributed by atoms with Crippen molar-refractivity contribution in [2.45, 2.75) is 13.0 Å². The summed E-state index contributed by atoms with van der Waals surface area (Å²) < 4.78 is 10.6. The van der Waals surface area contributed by atoms with Gasteiger partial charge in [-0.3, -0.25) is 4.90 Å². The van der Waals surface area contributed by atoms with E-state index < -0.39 is 0 Å². The number of benzene rings is 1. The van der Waals surface area contributed by atoms with Crippen LogP contribution in [0, 0.1) is 0 Å². The van der Waals surface area contributed by atoms with E-state index in [-0.39, 0.29) is 12.1 Å². The fourth-order valence-corrected chi connectivity index (χ4v) is 1.94. The van der Waals surface area contributed by atoms with Gasteiger partial charge in [0.05, 0.1) is 18.8 Å². The van der Waals surface area contributed by atoms with Gasteiger partial charge in [-0.1, -0.05) is 12.1 Å². The van der Waals surface area contributed by atoms with E-state index in [1.54, 1.807) is 12.0 Å². The molecule has 98 valence electrons. The Balaban J connectivity index is 2.10. The summed E-state index contributed by atoms with van der Waals surface area (Å²) in [5.41, 5.74) is 0.811. The lowest BCUT2D eigenvalue weighted by Crippen LogP contribution is -2.47. The molecular formula is C13H18N2O3. The van der Waals surface area contributed by atoms with E-state index >= 15 is 0 Å². The monoisotopic (exact) mass is 250 g/mol. The molecule has 0 aliphatic carbocycles. The van der Waals surface area contributed by atoms with E-state index in [2.05, 4.69) is 5.32 Å². The average molecular weight is 250 g/mol. The number of hydrogen-bond donors (Lipinski definition) is 1. The van der Waals surface area contributed by atoms with E-state index in [1.165, 1.54) is 0 Å². The molecule has 1 aromatic carbocycles. The molecule has 0 fully saturated rings. The Morgan fingerprint density at radius 1 is 1.56 bits per heavy atom. The molecule has 0 radical (unpaired) electrons. The minimum atomic E-state index is -0.116. The maximum absolute atomic E-state index is 12.1. The van der Waals surface area contributed by atoms with Gasteiger partial charge in [-0.05, 0) is 19.1 Å². The zero-order valence-electron chi connectivity index (χ0n) is 10.7. The highest BCUT2D eigenvalue weighted by Crippen LogP contribution is 2.32. The number of hydrogen-bond acceptors (Lipinski definition) is 3. The Hall–Kier alpha value is -1.75. The highest BCUT2D eigenvalue weighted by atomic mass is 16.5. The number of ether oxygens (including phenoxy) is 2. The number of para-hydroxylation sites is 2. The van der Waals surface area contributed by atoms with Crippen LogP contribution in [0.15, 0.2) is 24.3 Å². The molecule has 1 aromatic rings. The van der Waals surface area contributed by atoms with Crippen molar-refractivity contribution in [3.8, 4) is 5.75 Å². The molecule has 1 aliphatic heterocycles. The second-order valence-electron chi connectivity index (χ2n) is 4.23. The highest BCUT2D eigenvalue weighted by Gasteiger charge is 2.26. The SMILES string of the molecule is COCCNC(=O)N1C[C@@H](C)Oc2ccccc21. The molecule has 0 bridgehead atoms. The molecule has 0 saturated carbocycles. The number of rotatable bonds is 3. The molecule has 1 N–H and O–H groups in total. The summed E-state index contributed by atoms with van der Waals surface area (Å²) in [6, 6.07) is 7.44. The molecule has 18 heavy (non-hydrogen) atoms. The molecule has 5 heteroatoms. The van der Waals surface area contributed by atoms with Crippen molar-refractivity contribution in [2.24, 2.45) is 0 Å². The van der Waals surface area contributed by atoms with Gasteiger partial charge in [0.1, 0.15) is 11.9 Å². The van der Waals surface area contributed by atoms with E-state index in [4.69, 9.17) is 9.47 Å². The van der Waals surface area contributed by atoms with Crippen LogP contribution in [0.1, 0.15) is 6.92 Å². The first-order valence-electron chi connectivity index (χ1n) is 6.02. The number of urea groups is 1. The molecule has 0 unspecified atom stereocenters. The topological polar surface area (TPSA) is 50.8 Å². The highest BCUT2D eigenvalue weighted by molar-refractivity contribution is 5.94. The third-order valence-corrected chi connectivity index (χ3v) is 2.75. The first-order valence-corrected chi connectivity index (χ1v) is 6.02. The van der Waals surface area contributed by atoms with Crippen LogP contribution in [0.2, 0.25) is 0 Å². The van der Waals surface area contributed by atoms with E-state index in [9.17, 15) is 4.79 Å². The quantitative estimate of drug-likeness (QED) is 0.829. The van der Waals surface area contributed by atoms with Gasteiger partial charge >= 0.3 is 6.03 Å². The fourth-order valence-electron chi connectivity index (χ4n) is 1.94. The molecule has 1 heterocycles. The Morgan fingerprint density at radius 3 is 3.11 bits per heavy atom. The van der Waals surface area contributed by atoms with E-state index in [0.717, 1.165) is 11.4 Å². The molecule has 0 saturated heterocycles. The lowest BCUT2D eigenvalue weighted by molar-refractivity contribution is 0.191. The number of anilines is 1. The predicted octanol–water partition coefficient (Wildman–Crippen LogP) is 1.63. The minimum absolute atomic E-state index is 0.00641. The number of fused-ring (bicyclic) bond motifs is 1. The van der Waals surface area contributed by atoms with Crippen LogP contribution in [0.4, 0.5) is 10.5 Å². The Kier molecular flexibility index (Phi) is 4.04. The summed E-state index contributed by atoms with van der Waals surface area (Å²) in [6.45, 7) is 3.51. The van der Waals surface area contributed by atoms with Gasteiger partial charge in [-0.25, -0.2) is 4.79 Å². The Bertz CT molecular complexity index is 422. The number of nitrogens with zero attached hydrogens (tertiary/aromatic N) is 1. The van der Waals surface area contributed by atoms with Crippen molar-refractivity contribution < 1.29 is 14.3 Å². The Morgan fingerprint density at radius 2 is 2.33 bits per heavy atom. The zero-order chi connectivity index (χ0) is 13.0. The van der Waals surface area contributed by atoms with Gasteiger partial charge in [0.2, 0.25) is 0 Å². The standard InChI is InChI=1S/C13H18N2O3/c1-10-9-15(13(16)14-7-8-17-2)11-5-3-4-6-12(11)18-10/h3-6,10H,7-9H2,1-2H3,(H,14,16)/t10-/m1/s1.